The van der Waals surface area contributed by atoms with Gasteiger partial charge in [-0.2, -0.15) is 0 Å². The summed E-state index contributed by atoms with van der Waals surface area (Å²) < 4.78 is 1.83. The van der Waals surface area contributed by atoms with Crippen molar-refractivity contribution >= 4 is 35.0 Å². The van der Waals surface area contributed by atoms with Gasteiger partial charge < -0.3 is 5.32 Å². The lowest BCUT2D eigenvalue weighted by Gasteiger charge is -2.06. The van der Waals surface area contributed by atoms with Gasteiger partial charge in [-0.05, 0) is 41.0 Å². The fourth-order valence-corrected chi connectivity index (χ4v) is 3.05. The SMILES string of the molecule is Clc1ccc(CSc2nnnn2CCNC2CC2)cc1Cl. The first-order chi connectivity index (χ1) is 10.2. The summed E-state index contributed by atoms with van der Waals surface area (Å²) >= 11 is 13.5. The molecule has 21 heavy (non-hydrogen) atoms. The summed E-state index contributed by atoms with van der Waals surface area (Å²) in [4.78, 5) is 0. The monoisotopic (exact) mass is 343 g/mol. The molecule has 0 bridgehead atoms. The van der Waals surface area contributed by atoms with E-state index < -0.39 is 0 Å². The van der Waals surface area contributed by atoms with Crippen molar-refractivity contribution in [3.8, 4) is 0 Å². The first-order valence-corrected chi connectivity index (χ1v) is 8.53. The molecule has 0 saturated heterocycles. The maximum Gasteiger partial charge on any atom is 0.209 e. The average Bonchev–Trinajstić information content (AvgIpc) is 3.19. The highest BCUT2D eigenvalue weighted by molar-refractivity contribution is 7.98. The van der Waals surface area contributed by atoms with E-state index in [0.29, 0.717) is 16.1 Å². The van der Waals surface area contributed by atoms with Crippen molar-refractivity contribution in [1.29, 1.82) is 0 Å². The van der Waals surface area contributed by atoms with E-state index in [0.717, 1.165) is 29.6 Å². The summed E-state index contributed by atoms with van der Waals surface area (Å²) in [5.41, 5.74) is 1.10. The standard InChI is InChI=1S/C13H15Cl2N5S/c14-11-4-1-9(7-12(11)15)8-21-13-17-18-19-20(13)6-5-16-10-2-3-10/h1,4,7,10,16H,2-3,5-6,8H2. The molecule has 0 aliphatic heterocycles. The fourth-order valence-electron chi connectivity index (χ4n) is 1.88. The number of tetrazole rings is 1. The van der Waals surface area contributed by atoms with Crippen LogP contribution in [0.1, 0.15) is 18.4 Å². The Morgan fingerprint density at radius 1 is 1.29 bits per heavy atom. The topological polar surface area (TPSA) is 55.6 Å². The minimum Gasteiger partial charge on any atom is -0.312 e. The highest BCUT2D eigenvalue weighted by Gasteiger charge is 2.20. The van der Waals surface area contributed by atoms with Crippen molar-refractivity contribution < 1.29 is 0 Å². The molecule has 8 heteroatoms. The number of rotatable bonds is 7. The maximum atomic E-state index is 6.01. The van der Waals surface area contributed by atoms with Crippen LogP contribution in [0.4, 0.5) is 0 Å². The van der Waals surface area contributed by atoms with Crippen LogP contribution in [-0.4, -0.2) is 32.8 Å². The molecule has 0 amide bonds. The normalized spacial score (nSPS) is 14.6. The van der Waals surface area contributed by atoms with Crippen molar-refractivity contribution in [3.63, 3.8) is 0 Å². The Morgan fingerprint density at radius 3 is 2.90 bits per heavy atom. The Labute approximate surface area is 137 Å². The molecule has 5 nitrogen and oxygen atoms in total. The number of benzene rings is 1. The minimum atomic E-state index is 0.571. The van der Waals surface area contributed by atoms with E-state index in [9.17, 15) is 0 Å². The number of nitrogens with zero attached hydrogens (tertiary/aromatic N) is 4. The summed E-state index contributed by atoms with van der Waals surface area (Å²) in [5, 5.41) is 17.2. The van der Waals surface area contributed by atoms with Crippen LogP contribution in [-0.2, 0) is 12.3 Å². The van der Waals surface area contributed by atoms with Gasteiger partial charge in [-0.1, -0.05) is 41.0 Å². The zero-order chi connectivity index (χ0) is 14.7. The van der Waals surface area contributed by atoms with E-state index in [1.54, 1.807) is 11.8 Å². The highest BCUT2D eigenvalue weighted by atomic mass is 35.5. The zero-order valence-electron chi connectivity index (χ0n) is 11.3. The third-order valence-electron chi connectivity index (χ3n) is 3.18. The van der Waals surface area contributed by atoms with E-state index in [1.807, 2.05) is 22.9 Å². The number of halogens is 2. The van der Waals surface area contributed by atoms with E-state index in [-0.39, 0.29) is 0 Å². The van der Waals surface area contributed by atoms with Crippen LogP contribution in [0.2, 0.25) is 10.0 Å². The van der Waals surface area contributed by atoms with Gasteiger partial charge in [-0.15, -0.1) is 5.10 Å². The molecule has 3 rings (SSSR count). The maximum absolute atomic E-state index is 6.01. The summed E-state index contributed by atoms with van der Waals surface area (Å²) in [6.45, 7) is 1.68. The molecule has 1 saturated carbocycles. The van der Waals surface area contributed by atoms with Gasteiger partial charge in [0.1, 0.15) is 0 Å². The van der Waals surface area contributed by atoms with Gasteiger partial charge in [0.2, 0.25) is 5.16 Å². The van der Waals surface area contributed by atoms with Crippen molar-refractivity contribution in [2.75, 3.05) is 6.54 Å². The van der Waals surface area contributed by atoms with Gasteiger partial charge in [-0.3, -0.25) is 0 Å². The van der Waals surface area contributed by atoms with Gasteiger partial charge in [0.05, 0.1) is 16.6 Å². The summed E-state index contributed by atoms with van der Waals surface area (Å²) in [7, 11) is 0. The van der Waals surface area contributed by atoms with E-state index in [2.05, 4.69) is 20.8 Å². The average molecular weight is 344 g/mol. The Bertz CT molecular complexity index is 614. The molecule has 1 aliphatic carbocycles. The number of aromatic nitrogens is 4. The third-order valence-corrected chi connectivity index (χ3v) is 4.95. The van der Waals surface area contributed by atoms with Crippen LogP contribution in [0.15, 0.2) is 23.4 Å². The minimum absolute atomic E-state index is 0.571. The Hall–Kier alpha value is -0.820. The molecule has 1 aliphatic rings. The molecule has 2 aromatic rings. The second-order valence-electron chi connectivity index (χ2n) is 4.95. The van der Waals surface area contributed by atoms with Crippen LogP contribution >= 0.6 is 35.0 Å². The molecular weight excluding hydrogens is 329 g/mol. The van der Waals surface area contributed by atoms with Crippen LogP contribution < -0.4 is 5.32 Å². The van der Waals surface area contributed by atoms with E-state index in [4.69, 9.17) is 23.2 Å². The number of thioether (sulfide) groups is 1. The number of hydrogen-bond donors (Lipinski definition) is 1. The second-order valence-corrected chi connectivity index (χ2v) is 6.71. The van der Waals surface area contributed by atoms with Gasteiger partial charge in [-0.25, -0.2) is 4.68 Å². The molecular formula is C13H15Cl2N5S. The van der Waals surface area contributed by atoms with Crippen LogP contribution in [0.3, 0.4) is 0 Å². The molecule has 1 heterocycles. The van der Waals surface area contributed by atoms with Crippen LogP contribution in [0, 0.1) is 0 Å². The molecule has 1 N–H and O–H groups in total. The van der Waals surface area contributed by atoms with Crippen LogP contribution in [0.25, 0.3) is 0 Å². The van der Waals surface area contributed by atoms with Gasteiger partial charge in [0, 0.05) is 18.3 Å². The molecule has 1 aromatic carbocycles. The van der Waals surface area contributed by atoms with Crippen molar-refractivity contribution in [2.24, 2.45) is 0 Å². The largest absolute Gasteiger partial charge is 0.312 e. The van der Waals surface area contributed by atoms with Gasteiger partial charge >= 0.3 is 0 Å². The first-order valence-electron chi connectivity index (χ1n) is 6.78. The second kappa shape index (κ2) is 6.96. The Kier molecular flexibility index (Phi) is 5.00. The molecule has 1 fully saturated rings. The fraction of sp³-hybridized carbons (Fsp3) is 0.462. The predicted molar refractivity (Wildman–Crippen MR) is 84.9 cm³/mol. The molecule has 0 radical (unpaired) electrons. The van der Waals surface area contributed by atoms with Crippen LogP contribution in [0.5, 0.6) is 0 Å². The number of hydrogen-bond acceptors (Lipinski definition) is 5. The molecule has 1 aromatic heterocycles. The van der Waals surface area contributed by atoms with Gasteiger partial charge in [0.15, 0.2) is 0 Å². The van der Waals surface area contributed by atoms with E-state index >= 15 is 0 Å². The quantitative estimate of drug-likeness (QED) is 0.783. The summed E-state index contributed by atoms with van der Waals surface area (Å²) in [6.07, 6.45) is 2.57. The third kappa shape index (κ3) is 4.32. The van der Waals surface area contributed by atoms with Crippen molar-refractivity contribution in [1.82, 2.24) is 25.5 Å². The molecule has 0 spiro atoms. The first kappa shape index (κ1) is 15.1. The predicted octanol–water partition coefficient (Wildman–Crippen LogP) is 3.02. The smallest absolute Gasteiger partial charge is 0.209 e. The molecule has 0 unspecified atom stereocenters. The molecule has 112 valence electrons. The summed E-state index contributed by atoms with van der Waals surface area (Å²) in [5.74, 6) is 0.757. The highest BCUT2D eigenvalue weighted by Crippen LogP contribution is 2.26. The van der Waals surface area contributed by atoms with Crippen molar-refractivity contribution in [3.05, 3.63) is 33.8 Å². The Balaban J connectivity index is 1.54. The Morgan fingerprint density at radius 2 is 2.14 bits per heavy atom. The zero-order valence-corrected chi connectivity index (χ0v) is 13.6. The lowest BCUT2D eigenvalue weighted by atomic mass is 10.2. The van der Waals surface area contributed by atoms with Gasteiger partial charge in [0.25, 0.3) is 0 Å². The van der Waals surface area contributed by atoms with E-state index in [1.165, 1.54) is 12.8 Å². The number of nitrogens with one attached hydrogen (secondary N) is 1. The summed E-state index contributed by atoms with van der Waals surface area (Å²) in [6, 6.07) is 6.35. The molecule has 0 atom stereocenters. The van der Waals surface area contributed by atoms with Crippen molar-refractivity contribution in [2.45, 2.75) is 36.3 Å². The lowest BCUT2D eigenvalue weighted by Crippen LogP contribution is -2.22. The lowest BCUT2D eigenvalue weighted by molar-refractivity contribution is 0.509.